The first-order valence-electron chi connectivity index (χ1n) is 9.41. The zero-order valence-electron chi connectivity index (χ0n) is 17.2. The lowest BCUT2D eigenvalue weighted by Crippen LogP contribution is -2.13. The molecule has 32 heavy (non-hydrogen) atoms. The molecule has 8 nitrogen and oxygen atoms in total. The molecule has 4 aromatic rings. The van der Waals surface area contributed by atoms with Gasteiger partial charge in [-0.15, -0.1) is 21.5 Å². The quantitative estimate of drug-likeness (QED) is 0.314. The molecule has 0 aliphatic heterocycles. The van der Waals surface area contributed by atoms with Gasteiger partial charge in [-0.3, -0.25) is 4.79 Å². The third-order valence-corrected chi connectivity index (χ3v) is 6.95. The van der Waals surface area contributed by atoms with Crippen molar-refractivity contribution in [1.29, 1.82) is 0 Å². The fraction of sp³-hybridized carbons (Fsp3) is 0.143. The average Bonchev–Trinajstić information content (AvgIpc) is 3.48. The average molecular weight is 486 g/mol. The number of rotatable bonds is 9. The van der Waals surface area contributed by atoms with Crippen LogP contribution in [0.25, 0.3) is 11.3 Å². The van der Waals surface area contributed by atoms with Crippen LogP contribution in [0.4, 0.5) is 16.0 Å². The van der Waals surface area contributed by atoms with Crippen LogP contribution in [0, 0.1) is 0 Å². The second kappa shape index (κ2) is 10.4. The van der Waals surface area contributed by atoms with E-state index < -0.39 is 0 Å². The van der Waals surface area contributed by atoms with Crippen LogP contribution in [0.2, 0.25) is 0 Å². The summed E-state index contributed by atoms with van der Waals surface area (Å²) in [6.45, 7) is 0. The molecular weight excluding hydrogens is 466 g/mol. The molecule has 2 heterocycles. The monoisotopic (exact) mass is 485 g/mol. The predicted molar refractivity (Wildman–Crippen MR) is 130 cm³/mol. The SMILES string of the molecule is COc1ccc(-c2csc(NC(=O)CSc3nnc(Nc4ccccc4OC)s3)n2)cc1. The summed E-state index contributed by atoms with van der Waals surface area (Å²) < 4.78 is 11.2. The van der Waals surface area contributed by atoms with E-state index >= 15 is 0 Å². The van der Waals surface area contributed by atoms with E-state index in [0.29, 0.717) is 20.4 Å². The van der Waals surface area contributed by atoms with Crippen molar-refractivity contribution in [3.05, 3.63) is 53.9 Å². The van der Waals surface area contributed by atoms with E-state index in [1.165, 1.54) is 34.4 Å². The Morgan fingerprint density at radius 2 is 1.84 bits per heavy atom. The van der Waals surface area contributed by atoms with E-state index in [1.807, 2.05) is 53.9 Å². The van der Waals surface area contributed by atoms with Gasteiger partial charge in [0.05, 0.1) is 31.4 Å². The molecule has 0 fully saturated rings. The number of ether oxygens (including phenoxy) is 2. The summed E-state index contributed by atoms with van der Waals surface area (Å²) in [6.07, 6.45) is 0. The molecule has 0 bridgehead atoms. The van der Waals surface area contributed by atoms with Gasteiger partial charge < -0.3 is 20.1 Å². The van der Waals surface area contributed by atoms with Gasteiger partial charge in [0, 0.05) is 10.9 Å². The van der Waals surface area contributed by atoms with E-state index in [9.17, 15) is 4.79 Å². The highest BCUT2D eigenvalue weighted by molar-refractivity contribution is 8.01. The number of carbonyl (C=O) groups is 1. The number of thioether (sulfide) groups is 1. The highest BCUT2D eigenvalue weighted by Gasteiger charge is 2.12. The normalized spacial score (nSPS) is 10.6. The first-order chi connectivity index (χ1) is 15.6. The molecule has 0 aliphatic carbocycles. The maximum atomic E-state index is 12.3. The molecule has 0 atom stereocenters. The Morgan fingerprint density at radius 1 is 1.03 bits per heavy atom. The third kappa shape index (κ3) is 5.55. The topological polar surface area (TPSA) is 98.3 Å². The van der Waals surface area contributed by atoms with Crippen LogP contribution in [0.1, 0.15) is 0 Å². The standard InChI is InChI=1S/C21H19N5O3S3/c1-28-14-9-7-13(8-10-14)16-11-30-19(23-16)24-18(27)12-31-21-26-25-20(32-21)22-15-5-3-4-6-17(15)29-2/h3-11H,12H2,1-2H3,(H,22,25)(H,23,24,27). The Morgan fingerprint density at radius 3 is 2.62 bits per heavy atom. The molecule has 1 amide bonds. The molecule has 0 radical (unpaired) electrons. The molecular formula is C21H19N5O3S3. The van der Waals surface area contributed by atoms with Crippen molar-refractivity contribution in [3.63, 3.8) is 0 Å². The maximum Gasteiger partial charge on any atom is 0.236 e. The minimum absolute atomic E-state index is 0.153. The van der Waals surface area contributed by atoms with Crippen LogP contribution in [0.5, 0.6) is 11.5 Å². The highest BCUT2D eigenvalue weighted by Crippen LogP contribution is 2.32. The van der Waals surface area contributed by atoms with Crippen LogP contribution >= 0.6 is 34.4 Å². The summed E-state index contributed by atoms with van der Waals surface area (Å²) in [7, 11) is 3.24. The Balaban J connectivity index is 1.29. The van der Waals surface area contributed by atoms with Crippen molar-refractivity contribution in [2.45, 2.75) is 4.34 Å². The van der Waals surface area contributed by atoms with Gasteiger partial charge in [0.15, 0.2) is 9.47 Å². The van der Waals surface area contributed by atoms with Gasteiger partial charge in [0.2, 0.25) is 11.0 Å². The third-order valence-electron chi connectivity index (χ3n) is 4.22. The second-order valence-corrected chi connectivity index (χ2v) is 9.36. The van der Waals surface area contributed by atoms with Gasteiger partial charge in [-0.1, -0.05) is 35.2 Å². The zero-order chi connectivity index (χ0) is 22.3. The number of hydrogen-bond acceptors (Lipinski definition) is 10. The van der Waals surface area contributed by atoms with Crippen LogP contribution in [-0.4, -0.2) is 41.1 Å². The molecule has 4 rings (SSSR count). The molecule has 0 saturated heterocycles. The van der Waals surface area contributed by atoms with E-state index in [4.69, 9.17) is 9.47 Å². The summed E-state index contributed by atoms with van der Waals surface area (Å²) in [5, 5.41) is 17.4. The van der Waals surface area contributed by atoms with Crippen molar-refractivity contribution in [3.8, 4) is 22.8 Å². The molecule has 11 heteroatoms. The second-order valence-electron chi connectivity index (χ2n) is 6.30. The predicted octanol–water partition coefficient (Wildman–Crippen LogP) is 5.15. The summed E-state index contributed by atoms with van der Waals surface area (Å²) in [4.78, 5) is 16.8. The number of amides is 1. The van der Waals surface area contributed by atoms with Gasteiger partial charge in [-0.05, 0) is 36.4 Å². The first kappa shape index (κ1) is 22.1. The molecule has 0 aliphatic rings. The number of carbonyl (C=O) groups excluding carboxylic acids is 1. The maximum absolute atomic E-state index is 12.3. The minimum Gasteiger partial charge on any atom is -0.497 e. The summed E-state index contributed by atoms with van der Waals surface area (Å²) in [5.41, 5.74) is 2.56. The van der Waals surface area contributed by atoms with Gasteiger partial charge in [-0.2, -0.15) is 0 Å². The van der Waals surface area contributed by atoms with E-state index in [1.54, 1.807) is 14.2 Å². The number of aromatic nitrogens is 3. The zero-order valence-corrected chi connectivity index (χ0v) is 19.6. The van der Waals surface area contributed by atoms with Crippen molar-refractivity contribution in [1.82, 2.24) is 15.2 Å². The number of nitrogens with zero attached hydrogens (tertiary/aromatic N) is 3. The molecule has 0 unspecified atom stereocenters. The number of para-hydroxylation sites is 2. The number of nitrogens with one attached hydrogen (secondary N) is 2. The summed E-state index contributed by atoms with van der Waals surface area (Å²) in [5.74, 6) is 1.56. The molecule has 0 spiro atoms. The van der Waals surface area contributed by atoms with Crippen molar-refractivity contribution >= 4 is 56.3 Å². The number of benzene rings is 2. The fourth-order valence-electron chi connectivity index (χ4n) is 2.69. The van der Waals surface area contributed by atoms with Gasteiger partial charge in [0.1, 0.15) is 11.5 Å². The molecule has 2 N–H and O–H groups in total. The van der Waals surface area contributed by atoms with E-state index in [2.05, 4.69) is 25.8 Å². The van der Waals surface area contributed by atoms with Crippen molar-refractivity contribution in [2.24, 2.45) is 0 Å². The van der Waals surface area contributed by atoms with E-state index in [0.717, 1.165) is 22.7 Å². The first-order valence-corrected chi connectivity index (χ1v) is 12.1. The van der Waals surface area contributed by atoms with Crippen molar-refractivity contribution < 1.29 is 14.3 Å². The number of methoxy groups -OCH3 is 2. The van der Waals surface area contributed by atoms with Crippen molar-refractivity contribution in [2.75, 3.05) is 30.6 Å². The van der Waals surface area contributed by atoms with Gasteiger partial charge in [0.25, 0.3) is 0 Å². The minimum atomic E-state index is -0.153. The van der Waals surface area contributed by atoms with Crippen LogP contribution < -0.4 is 20.1 Å². The molecule has 0 saturated carbocycles. The van der Waals surface area contributed by atoms with Gasteiger partial charge in [-0.25, -0.2) is 4.98 Å². The van der Waals surface area contributed by atoms with E-state index in [-0.39, 0.29) is 11.7 Å². The van der Waals surface area contributed by atoms with Gasteiger partial charge >= 0.3 is 0 Å². The smallest absolute Gasteiger partial charge is 0.236 e. The van der Waals surface area contributed by atoms with Crippen LogP contribution in [0.15, 0.2) is 58.3 Å². The highest BCUT2D eigenvalue weighted by atomic mass is 32.2. The number of hydrogen-bond donors (Lipinski definition) is 2. The summed E-state index contributed by atoms with van der Waals surface area (Å²) >= 11 is 4.07. The number of anilines is 3. The molecule has 2 aromatic heterocycles. The molecule has 164 valence electrons. The Bertz CT molecular complexity index is 1190. The van der Waals surface area contributed by atoms with Crippen LogP contribution in [-0.2, 0) is 4.79 Å². The lowest BCUT2D eigenvalue weighted by Gasteiger charge is -2.07. The lowest BCUT2D eigenvalue weighted by molar-refractivity contribution is -0.113. The Hall–Kier alpha value is -3.15. The van der Waals surface area contributed by atoms with Crippen LogP contribution in [0.3, 0.4) is 0 Å². The largest absolute Gasteiger partial charge is 0.497 e. The Kier molecular flexibility index (Phi) is 7.20. The lowest BCUT2D eigenvalue weighted by atomic mass is 10.2. The fourth-order valence-corrected chi connectivity index (χ4v) is 4.99. The molecule has 2 aromatic carbocycles. The number of thiazole rings is 1. The summed E-state index contributed by atoms with van der Waals surface area (Å²) in [6, 6.07) is 15.2. The Labute approximate surface area is 197 Å².